The van der Waals surface area contributed by atoms with Crippen LogP contribution in [0, 0.1) is 17.8 Å². The molecule has 1 amide bonds. The monoisotopic (exact) mass is 336 g/mol. The van der Waals surface area contributed by atoms with Crippen molar-refractivity contribution in [2.75, 3.05) is 20.2 Å². The number of likely N-dealkylation sites (tertiary alicyclic amines) is 1. The number of amides is 1. The summed E-state index contributed by atoms with van der Waals surface area (Å²) in [6, 6.07) is 12.0. The standard InChI is InChI=1S/C21H24N2O2/c1-25-19-6-2-15(3-7-19)12-17-4-5-18-13-23(14-20(17)18)21(24)16-8-10-22-11-9-16/h2-3,6-11,17-18,20H,4-5,12-14H2,1H3/t17-,18-,20-/m1/s1. The maximum absolute atomic E-state index is 12.7. The Morgan fingerprint density at radius 2 is 1.88 bits per heavy atom. The Morgan fingerprint density at radius 1 is 1.12 bits per heavy atom. The predicted octanol–water partition coefficient (Wildman–Crippen LogP) is 3.43. The molecule has 0 N–H and O–H groups in total. The van der Waals surface area contributed by atoms with Crippen LogP contribution in [0.2, 0.25) is 0 Å². The molecule has 2 heterocycles. The van der Waals surface area contributed by atoms with Crippen molar-refractivity contribution in [3.8, 4) is 5.75 Å². The number of carbonyl (C=O) groups is 1. The highest BCUT2D eigenvalue weighted by Crippen LogP contribution is 2.44. The molecule has 1 aliphatic heterocycles. The third kappa shape index (κ3) is 3.26. The number of ether oxygens (including phenoxy) is 1. The Labute approximate surface area is 148 Å². The van der Waals surface area contributed by atoms with Crippen molar-refractivity contribution in [2.24, 2.45) is 17.8 Å². The van der Waals surface area contributed by atoms with Crippen LogP contribution in [0.5, 0.6) is 5.75 Å². The lowest BCUT2D eigenvalue weighted by Gasteiger charge is -2.21. The minimum atomic E-state index is 0.153. The first-order chi connectivity index (χ1) is 12.2. The minimum absolute atomic E-state index is 0.153. The number of nitrogens with zero attached hydrogens (tertiary/aromatic N) is 2. The largest absolute Gasteiger partial charge is 0.497 e. The van der Waals surface area contributed by atoms with E-state index in [4.69, 9.17) is 4.74 Å². The minimum Gasteiger partial charge on any atom is -0.497 e. The van der Waals surface area contributed by atoms with Crippen LogP contribution in [0.15, 0.2) is 48.8 Å². The number of pyridine rings is 1. The molecule has 4 rings (SSSR count). The maximum Gasteiger partial charge on any atom is 0.253 e. The molecule has 1 saturated carbocycles. The van der Waals surface area contributed by atoms with Gasteiger partial charge in [-0.05, 0) is 66.8 Å². The van der Waals surface area contributed by atoms with E-state index in [2.05, 4.69) is 17.1 Å². The van der Waals surface area contributed by atoms with Crippen LogP contribution >= 0.6 is 0 Å². The van der Waals surface area contributed by atoms with Gasteiger partial charge in [-0.1, -0.05) is 12.1 Å². The molecular weight excluding hydrogens is 312 g/mol. The Hall–Kier alpha value is -2.36. The van der Waals surface area contributed by atoms with Gasteiger partial charge < -0.3 is 9.64 Å². The summed E-state index contributed by atoms with van der Waals surface area (Å²) in [5, 5.41) is 0. The van der Waals surface area contributed by atoms with E-state index < -0.39 is 0 Å². The summed E-state index contributed by atoms with van der Waals surface area (Å²) < 4.78 is 5.24. The zero-order chi connectivity index (χ0) is 17.2. The van der Waals surface area contributed by atoms with Gasteiger partial charge in [-0.25, -0.2) is 0 Å². The molecule has 1 saturated heterocycles. The van der Waals surface area contributed by atoms with Crippen molar-refractivity contribution in [1.82, 2.24) is 9.88 Å². The number of hydrogen-bond acceptors (Lipinski definition) is 3. The number of rotatable bonds is 4. The molecule has 2 aromatic rings. The van der Waals surface area contributed by atoms with Gasteiger partial charge in [0, 0.05) is 31.0 Å². The summed E-state index contributed by atoms with van der Waals surface area (Å²) in [6.07, 6.45) is 7.00. The second kappa shape index (κ2) is 6.87. The van der Waals surface area contributed by atoms with E-state index in [1.807, 2.05) is 29.2 Å². The van der Waals surface area contributed by atoms with Crippen LogP contribution < -0.4 is 4.74 Å². The van der Waals surface area contributed by atoms with Crippen molar-refractivity contribution in [1.29, 1.82) is 0 Å². The summed E-state index contributed by atoms with van der Waals surface area (Å²) in [6.45, 7) is 1.80. The molecule has 0 unspecified atom stereocenters. The zero-order valence-electron chi connectivity index (χ0n) is 14.6. The lowest BCUT2D eigenvalue weighted by Crippen LogP contribution is -2.30. The van der Waals surface area contributed by atoms with E-state index in [1.165, 1.54) is 18.4 Å². The van der Waals surface area contributed by atoms with Gasteiger partial charge >= 0.3 is 0 Å². The summed E-state index contributed by atoms with van der Waals surface area (Å²) in [4.78, 5) is 18.7. The van der Waals surface area contributed by atoms with Gasteiger partial charge in [0.05, 0.1) is 7.11 Å². The maximum atomic E-state index is 12.7. The van der Waals surface area contributed by atoms with E-state index in [9.17, 15) is 4.79 Å². The fraction of sp³-hybridized carbons (Fsp3) is 0.429. The second-order valence-electron chi connectivity index (χ2n) is 7.26. The summed E-state index contributed by atoms with van der Waals surface area (Å²) in [7, 11) is 1.70. The molecule has 0 radical (unpaired) electrons. The molecule has 1 aromatic heterocycles. The molecule has 2 fully saturated rings. The van der Waals surface area contributed by atoms with Gasteiger partial charge in [0.25, 0.3) is 5.91 Å². The molecule has 1 aromatic carbocycles. The molecule has 25 heavy (non-hydrogen) atoms. The average Bonchev–Trinajstić information content (AvgIpc) is 3.24. The Morgan fingerprint density at radius 3 is 2.60 bits per heavy atom. The molecule has 0 spiro atoms. The fourth-order valence-electron chi connectivity index (χ4n) is 4.54. The van der Waals surface area contributed by atoms with Crippen molar-refractivity contribution < 1.29 is 9.53 Å². The average molecular weight is 336 g/mol. The normalized spacial score (nSPS) is 25.0. The molecule has 4 nitrogen and oxygen atoms in total. The topological polar surface area (TPSA) is 42.4 Å². The first-order valence-electron chi connectivity index (χ1n) is 9.07. The first-order valence-corrected chi connectivity index (χ1v) is 9.07. The van der Waals surface area contributed by atoms with Crippen molar-refractivity contribution in [3.63, 3.8) is 0 Å². The zero-order valence-corrected chi connectivity index (χ0v) is 14.6. The third-order valence-corrected chi connectivity index (χ3v) is 5.88. The number of hydrogen-bond donors (Lipinski definition) is 0. The Bertz CT molecular complexity index is 729. The van der Waals surface area contributed by atoms with E-state index in [1.54, 1.807) is 19.5 Å². The molecule has 130 valence electrons. The number of carbonyl (C=O) groups excluding carboxylic acids is 1. The van der Waals surface area contributed by atoms with Crippen LogP contribution in [0.25, 0.3) is 0 Å². The predicted molar refractivity (Wildman–Crippen MR) is 96.5 cm³/mol. The lowest BCUT2D eigenvalue weighted by atomic mass is 9.87. The van der Waals surface area contributed by atoms with Crippen LogP contribution in [0.3, 0.4) is 0 Å². The third-order valence-electron chi connectivity index (χ3n) is 5.88. The van der Waals surface area contributed by atoms with E-state index >= 15 is 0 Å². The first kappa shape index (κ1) is 16.1. The van der Waals surface area contributed by atoms with Crippen molar-refractivity contribution in [3.05, 3.63) is 59.9 Å². The lowest BCUT2D eigenvalue weighted by molar-refractivity contribution is 0.0776. The van der Waals surface area contributed by atoms with Crippen LogP contribution in [-0.2, 0) is 6.42 Å². The van der Waals surface area contributed by atoms with Gasteiger partial charge in [0.1, 0.15) is 5.75 Å². The molecule has 0 bridgehead atoms. The highest BCUT2D eigenvalue weighted by molar-refractivity contribution is 5.94. The molecule has 3 atom stereocenters. The van der Waals surface area contributed by atoms with Gasteiger partial charge in [-0.3, -0.25) is 9.78 Å². The van der Waals surface area contributed by atoms with Crippen LogP contribution in [-0.4, -0.2) is 36.0 Å². The van der Waals surface area contributed by atoms with Crippen molar-refractivity contribution in [2.45, 2.75) is 19.3 Å². The van der Waals surface area contributed by atoms with E-state index in [0.717, 1.165) is 30.8 Å². The smallest absolute Gasteiger partial charge is 0.253 e. The Kier molecular flexibility index (Phi) is 4.43. The van der Waals surface area contributed by atoms with Crippen molar-refractivity contribution >= 4 is 5.91 Å². The SMILES string of the molecule is COc1ccc(C[C@H]2CC[C@@H]3CN(C(=O)c4ccncc4)C[C@H]23)cc1. The fourth-order valence-corrected chi connectivity index (χ4v) is 4.54. The van der Waals surface area contributed by atoms with Gasteiger partial charge in [-0.2, -0.15) is 0 Å². The Balaban J connectivity index is 1.41. The number of methoxy groups -OCH3 is 1. The summed E-state index contributed by atoms with van der Waals surface area (Å²) >= 11 is 0. The van der Waals surface area contributed by atoms with Gasteiger partial charge in [0.15, 0.2) is 0 Å². The van der Waals surface area contributed by atoms with Gasteiger partial charge in [-0.15, -0.1) is 0 Å². The highest BCUT2D eigenvalue weighted by Gasteiger charge is 2.43. The van der Waals surface area contributed by atoms with E-state index in [0.29, 0.717) is 17.8 Å². The molecule has 4 heteroatoms. The summed E-state index contributed by atoms with van der Waals surface area (Å²) in [5.41, 5.74) is 2.12. The number of fused-ring (bicyclic) bond motifs is 1. The van der Waals surface area contributed by atoms with Gasteiger partial charge in [0.2, 0.25) is 0 Å². The van der Waals surface area contributed by atoms with Crippen LogP contribution in [0.4, 0.5) is 0 Å². The van der Waals surface area contributed by atoms with E-state index in [-0.39, 0.29) is 5.91 Å². The molecule has 1 aliphatic carbocycles. The number of benzene rings is 1. The molecular formula is C21H24N2O2. The number of aromatic nitrogens is 1. The highest BCUT2D eigenvalue weighted by atomic mass is 16.5. The quantitative estimate of drug-likeness (QED) is 0.859. The van der Waals surface area contributed by atoms with Crippen LogP contribution in [0.1, 0.15) is 28.8 Å². The molecule has 2 aliphatic rings. The second-order valence-corrected chi connectivity index (χ2v) is 7.26. The summed E-state index contributed by atoms with van der Waals surface area (Å²) in [5.74, 6) is 3.03.